The second-order valence-electron chi connectivity index (χ2n) is 3.70. The van der Waals surface area contributed by atoms with Gasteiger partial charge in [0.15, 0.2) is 11.5 Å². The summed E-state index contributed by atoms with van der Waals surface area (Å²) in [7, 11) is 0. The van der Waals surface area contributed by atoms with E-state index >= 15 is 0 Å². The number of fused-ring (bicyclic) bond motifs is 1. The molecule has 92 valence electrons. The molecule has 6 N–H and O–H groups in total. The maximum Gasteiger partial charge on any atom is 0.165 e. The van der Waals surface area contributed by atoms with Crippen LogP contribution >= 0.6 is 0 Å². The number of aliphatic hydroxyl groups excluding tert-OH is 2. The highest BCUT2D eigenvalue weighted by atomic mass is 16.3. The van der Waals surface area contributed by atoms with E-state index in [1.165, 1.54) is 12.7 Å². The molecule has 2 rings (SSSR count). The predicted molar refractivity (Wildman–Crippen MR) is 60.8 cm³/mol. The molecule has 2 aromatic heterocycles. The van der Waals surface area contributed by atoms with Crippen LogP contribution < -0.4 is 11.5 Å². The number of aliphatic hydroxyl groups is 2. The second kappa shape index (κ2) is 4.62. The topological polar surface area (TPSA) is 136 Å². The van der Waals surface area contributed by atoms with Crippen LogP contribution in [0.4, 0.5) is 5.82 Å². The number of hydrogen-bond acceptors (Lipinski definition) is 7. The van der Waals surface area contributed by atoms with Crippen LogP contribution in [0.15, 0.2) is 12.7 Å². The Balaban J connectivity index is 2.28. The van der Waals surface area contributed by atoms with Crippen molar-refractivity contribution < 1.29 is 10.2 Å². The van der Waals surface area contributed by atoms with Gasteiger partial charge in [-0.15, -0.1) is 0 Å². The highest BCUT2D eigenvalue weighted by Gasteiger charge is 2.17. The Morgan fingerprint density at radius 2 is 2.00 bits per heavy atom. The Hall–Kier alpha value is -1.77. The molecule has 0 aliphatic heterocycles. The van der Waals surface area contributed by atoms with Gasteiger partial charge in [-0.2, -0.15) is 0 Å². The summed E-state index contributed by atoms with van der Waals surface area (Å²) in [6, 6.07) is 0. The van der Waals surface area contributed by atoms with E-state index in [0.29, 0.717) is 11.2 Å². The Labute approximate surface area is 96.9 Å². The molecule has 0 spiro atoms. The van der Waals surface area contributed by atoms with Crippen molar-refractivity contribution >= 4 is 17.0 Å². The fourth-order valence-electron chi connectivity index (χ4n) is 1.51. The number of nitrogen functional groups attached to an aromatic ring is 1. The van der Waals surface area contributed by atoms with Gasteiger partial charge in [-0.05, 0) is 0 Å². The van der Waals surface area contributed by atoms with E-state index in [1.807, 2.05) is 0 Å². The van der Waals surface area contributed by atoms with E-state index in [9.17, 15) is 10.2 Å². The van der Waals surface area contributed by atoms with Crippen LogP contribution in [0, 0.1) is 0 Å². The lowest BCUT2D eigenvalue weighted by Gasteiger charge is -2.16. The van der Waals surface area contributed by atoms with Gasteiger partial charge in [0.25, 0.3) is 0 Å². The summed E-state index contributed by atoms with van der Waals surface area (Å²) in [4.78, 5) is 11.9. The van der Waals surface area contributed by atoms with E-state index in [2.05, 4.69) is 15.0 Å². The minimum Gasteiger partial charge on any atom is -0.389 e. The summed E-state index contributed by atoms with van der Waals surface area (Å²) in [5, 5.41) is 19.1. The molecule has 0 aromatic carbocycles. The molecule has 2 heterocycles. The lowest BCUT2D eigenvalue weighted by molar-refractivity contribution is 0.0156. The zero-order chi connectivity index (χ0) is 12.4. The van der Waals surface area contributed by atoms with Crippen LogP contribution in [-0.4, -0.2) is 48.5 Å². The van der Waals surface area contributed by atoms with Gasteiger partial charge in [0, 0.05) is 6.54 Å². The van der Waals surface area contributed by atoms with Crippen LogP contribution in [0.2, 0.25) is 0 Å². The predicted octanol–water partition coefficient (Wildman–Crippen LogP) is -1.91. The Morgan fingerprint density at radius 3 is 2.71 bits per heavy atom. The number of imidazole rings is 1. The summed E-state index contributed by atoms with van der Waals surface area (Å²) in [6.07, 6.45) is 0.851. The molecule has 17 heavy (non-hydrogen) atoms. The number of hydrogen-bond donors (Lipinski definition) is 4. The van der Waals surface area contributed by atoms with Crippen molar-refractivity contribution in [2.24, 2.45) is 5.73 Å². The highest BCUT2D eigenvalue weighted by molar-refractivity contribution is 5.81. The third-order valence-corrected chi connectivity index (χ3v) is 2.50. The van der Waals surface area contributed by atoms with Crippen LogP contribution in [0.1, 0.15) is 0 Å². The van der Waals surface area contributed by atoms with Gasteiger partial charge in [-0.25, -0.2) is 15.0 Å². The molecule has 0 fully saturated rings. The molecule has 2 aromatic rings. The zero-order valence-corrected chi connectivity index (χ0v) is 9.06. The average Bonchev–Trinajstić information content (AvgIpc) is 2.73. The molecule has 0 aliphatic carbocycles. The Morgan fingerprint density at radius 1 is 1.24 bits per heavy atom. The number of aromatic nitrogens is 4. The maximum absolute atomic E-state index is 9.66. The third kappa shape index (κ3) is 2.18. The van der Waals surface area contributed by atoms with Crippen LogP contribution in [0.25, 0.3) is 11.2 Å². The van der Waals surface area contributed by atoms with Crippen molar-refractivity contribution in [3.8, 4) is 0 Å². The quantitative estimate of drug-likeness (QED) is 0.487. The molecule has 0 bridgehead atoms. The first-order valence-corrected chi connectivity index (χ1v) is 5.11. The maximum atomic E-state index is 9.66. The molecule has 0 aliphatic rings. The molecule has 0 saturated heterocycles. The van der Waals surface area contributed by atoms with Crippen molar-refractivity contribution in [2.45, 2.75) is 18.8 Å². The van der Waals surface area contributed by atoms with Gasteiger partial charge in [-0.1, -0.05) is 0 Å². The monoisotopic (exact) mass is 238 g/mol. The molecule has 0 amide bonds. The first-order valence-electron chi connectivity index (χ1n) is 5.11. The highest BCUT2D eigenvalue weighted by Crippen LogP contribution is 2.14. The number of rotatable bonds is 4. The smallest absolute Gasteiger partial charge is 0.165 e. The number of anilines is 1. The normalized spacial score (nSPS) is 15.0. The zero-order valence-electron chi connectivity index (χ0n) is 9.06. The molecule has 0 radical (unpaired) electrons. The first-order chi connectivity index (χ1) is 8.13. The molecule has 8 nitrogen and oxygen atoms in total. The molecule has 2 atom stereocenters. The van der Waals surface area contributed by atoms with Crippen molar-refractivity contribution in [3.05, 3.63) is 12.7 Å². The summed E-state index contributed by atoms with van der Waals surface area (Å²) in [5.74, 6) is 0.280. The second-order valence-corrected chi connectivity index (χ2v) is 3.70. The fourth-order valence-corrected chi connectivity index (χ4v) is 1.51. The average molecular weight is 238 g/mol. The van der Waals surface area contributed by atoms with Gasteiger partial charge in [0.2, 0.25) is 0 Å². The minimum atomic E-state index is -0.980. The van der Waals surface area contributed by atoms with E-state index in [-0.39, 0.29) is 18.9 Å². The van der Waals surface area contributed by atoms with Crippen LogP contribution in [-0.2, 0) is 6.54 Å². The van der Waals surface area contributed by atoms with Crippen molar-refractivity contribution in [2.75, 3.05) is 12.3 Å². The lowest BCUT2D eigenvalue weighted by atomic mass is 10.2. The van der Waals surface area contributed by atoms with Gasteiger partial charge in [-0.3, -0.25) is 0 Å². The van der Waals surface area contributed by atoms with Crippen molar-refractivity contribution in [1.29, 1.82) is 0 Å². The lowest BCUT2D eigenvalue weighted by Crippen LogP contribution is -2.36. The summed E-state index contributed by atoms with van der Waals surface area (Å²) in [5.41, 5.74) is 11.9. The number of nitrogens with two attached hydrogens (primary N) is 2. The SMILES string of the molecule is NC[C@@H](O)[C@@H](O)Cn1cnc2c(N)ncnc21. The van der Waals surface area contributed by atoms with Crippen LogP contribution in [0.3, 0.4) is 0 Å². The van der Waals surface area contributed by atoms with Gasteiger partial charge in [0.05, 0.1) is 25.1 Å². The first kappa shape index (κ1) is 11.7. The van der Waals surface area contributed by atoms with Gasteiger partial charge >= 0.3 is 0 Å². The van der Waals surface area contributed by atoms with E-state index < -0.39 is 12.2 Å². The Bertz CT molecular complexity index is 513. The minimum absolute atomic E-state index is 0.00901. The largest absolute Gasteiger partial charge is 0.389 e. The van der Waals surface area contributed by atoms with Crippen molar-refractivity contribution in [3.63, 3.8) is 0 Å². The molecular weight excluding hydrogens is 224 g/mol. The number of nitrogens with zero attached hydrogens (tertiary/aromatic N) is 4. The molecule has 0 saturated carbocycles. The molecular formula is C9H14N6O2. The Kier molecular flexibility index (Phi) is 3.18. The van der Waals surface area contributed by atoms with Crippen LogP contribution in [0.5, 0.6) is 0 Å². The summed E-state index contributed by atoms with van der Waals surface area (Å²) in [6.45, 7) is 0.135. The van der Waals surface area contributed by atoms with Gasteiger partial charge in [0.1, 0.15) is 11.8 Å². The van der Waals surface area contributed by atoms with E-state index in [0.717, 1.165) is 0 Å². The van der Waals surface area contributed by atoms with Gasteiger partial charge < -0.3 is 26.2 Å². The molecule has 8 heteroatoms. The standard InChI is InChI=1S/C9H14N6O2/c10-1-5(16)6(17)2-15-4-14-7-8(11)12-3-13-9(7)15/h3-6,16-17H,1-2,10H2,(H2,11,12,13)/t5-,6+/m1/s1. The molecule has 0 unspecified atom stereocenters. The summed E-state index contributed by atoms with van der Waals surface area (Å²) >= 11 is 0. The van der Waals surface area contributed by atoms with Crippen molar-refractivity contribution in [1.82, 2.24) is 19.5 Å². The third-order valence-electron chi connectivity index (χ3n) is 2.50. The summed E-state index contributed by atoms with van der Waals surface area (Å²) < 4.78 is 1.59. The van der Waals surface area contributed by atoms with E-state index in [4.69, 9.17) is 11.5 Å². The van der Waals surface area contributed by atoms with E-state index in [1.54, 1.807) is 4.57 Å². The fraction of sp³-hybridized carbons (Fsp3) is 0.444.